The monoisotopic (exact) mass is 351 g/mol. The van der Waals surface area contributed by atoms with Gasteiger partial charge in [-0.1, -0.05) is 54.1 Å². The van der Waals surface area contributed by atoms with Gasteiger partial charge in [-0.15, -0.1) is 0 Å². The maximum atomic E-state index is 12.8. The van der Waals surface area contributed by atoms with E-state index in [1.807, 2.05) is 35.2 Å². The van der Waals surface area contributed by atoms with Crippen molar-refractivity contribution in [1.82, 2.24) is 14.7 Å². The molecule has 0 radical (unpaired) electrons. The van der Waals surface area contributed by atoms with E-state index in [0.717, 1.165) is 18.5 Å². The predicted molar refractivity (Wildman–Crippen MR) is 97.7 cm³/mol. The molecule has 4 rings (SSSR count). The van der Waals surface area contributed by atoms with Crippen molar-refractivity contribution in [1.29, 1.82) is 0 Å². The summed E-state index contributed by atoms with van der Waals surface area (Å²) in [6, 6.07) is 16.0. The van der Waals surface area contributed by atoms with Gasteiger partial charge in [0.1, 0.15) is 0 Å². The number of carbonyl (C=O) groups is 1. The normalized spacial score (nSPS) is 13.6. The zero-order chi connectivity index (χ0) is 17.2. The molecule has 5 heteroatoms. The van der Waals surface area contributed by atoms with Crippen LogP contribution in [0.2, 0.25) is 5.02 Å². The van der Waals surface area contributed by atoms with Crippen LogP contribution in [0.5, 0.6) is 0 Å². The van der Waals surface area contributed by atoms with Crippen molar-refractivity contribution < 1.29 is 4.79 Å². The SMILES string of the molecule is O=C(c1cnn(Cc2ccccc2Cl)c1)N1CCc2ccccc2C1. The van der Waals surface area contributed by atoms with Gasteiger partial charge >= 0.3 is 0 Å². The Hall–Kier alpha value is -2.59. The Bertz CT molecular complexity index is 919. The van der Waals surface area contributed by atoms with Crippen molar-refractivity contribution in [2.45, 2.75) is 19.5 Å². The van der Waals surface area contributed by atoms with E-state index in [4.69, 9.17) is 11.6 Å². The molecule has 3 aromatic rings. The van der Waals surface area contributed by atoms with Crippen LogP contribution in [0.15, 0.2) is 60.9 Å². The molecule has 2 aromatic carbocycles. The summed E-state index contributed by atoms with van der Waals surface area (Å²) in [5.74, 6) is 0.0277. The van der Waals surface area contributed by atoms with Crippen molar-refractivity contribution >= 4 is 17.5 Å². The summed E-state index contributed by atoms with van der Waals surface area (Å²) < 4.78 is 1.76. The highest BCUT2D eigenvalue weighted by molar-refractivity contribution is 6.31. The molecule has 1 amide bonds. The molecule has 0 saturated heterocycles. The largest absolute Gasteiger partial charge is 0.334 e. The standard InChI is InChI=1S/C20H18ClN3O/c21-19-8-4-3-7-17(19)13-24-14-18(11-22-24)20(25)23-10-9-15-5-1-2-6-16(15)12-23/h1-8,11,14H,9-10,12-13H2. The van der Waals surface area contributed by atoms with Crippen LogP contribution in [0.1, 0.15) is 27.0 Å². The van der Waals surface area contributed by atoms with Crippen LogP contribution in [0, 0.1) is 0 Å². The predicted octanol–water partition coefficient (Wildman–Crippen LogP) is 3.78. The molecule has 0 atom stereocenters. The van der Waals surface area contributed by atoms with Crippen molar-refractivity contribution in [3.8, 4) is 0 Å². The van der Waals surface area contributed by atoms with E-state index in [1.165, 1.54) is 11.1 Å². The number of fused-ring (bicyclic) bond motifs is 1. The second-order valence-corrected chi connectivity index (χ2v) is 6.67. The summed E-state index contributed by atoms with van der Waals surface area (Å²) in [7, 11) is 0. The molecule has 0 spiro atoms. The van der Waals surface area contributed by atoms with Crippen LogP contribution in [0.3, 0.4) is 0 Å². The Morgan fingerprint density at radius 2 is 1.84 bits per heavy atom. The number of hydrogen-bond donors (Lipinski definition) is 0. The number of carbonyl (C=O) groups excluding carboxylic acids is 1. The van der Waals surface area contributed by atoms with E-state index in [-0.39, 0.29) is 5.91 Å². The minimum absolute atomic E-state index is 0.0277. The Kier molecular flexibility index (Phi) is 4.28. The smallest absolute Gasteiger partial charge is 0.257 e. The number of halogens is 1. The molecule has 0 unspecified atom stereocenters. The number of benzene rings is 2. The summed E-state index contributed by atoms with van der Waals surface area (Å²) in [5.41, 5.74) is 4.16. The van der Waals surface area contributed by atoms with Crippen LogP contribution >= 0.6 is 11.6 Å². The second kappa shape index (κ2) is 6.73. The number of rotatable bonds is 3. The van der Waals surface area contributed by atoms with Gasteiger partial charge in [0.15, 0.2) is 0 Å². The molecule has 0 bridgehead atoms. The Morgan fingerprint density at radius 1 is 1.08 bits per heavy atom. The minimum atomic E-state index is 0.0277. The molecule has 4 nitrogen and oxygen atoms in total. The van der Waals surface area contributed by atoms with Crippen molar-refractivity contribution in [3.63, 3.8) is 0 Å². The minimum Gasteiger partial charge on any atom is -0.334 e. The Labute approximate surface area is 151 Å². The topological polar surface area (TPSA) is 38.1 Å². The van der Waals surface area contributed by atoms with Crippen LogP contribution in [-0.2, 0) is 19.5 Å². The molecule has 1 aliphatic rings. The van der Waals surface area contributed by atoms with Crippen LogP contribution < -0.4 is 0 Å². The lowest BCUT2D eigenvalue weighted by atomic mass is 9.99. The average molecular weight is 352 g/mol. The number of amides is 1. The molecule has 1 aromatic heterocycles. The lowest BCUT2D eigenvalue weighted by Gasteiger charge is -2.28. The molecule has 0 N–H and O–H groups in total. The number of hydrogen-bond acceptors (Lipinski definition) is 2. The van der Waals surface area contributed by atoms with Crippen molar-refractivity contribution in [2.75, 3.05) is 6.54 Å². The van der Waals surface area contributed by atoms with E-state index < -0.39 is 0 Å². The Morgan fingerprint density at radius 3 is 2.68 bits per heavy atom. The fraction of sp³-hybridized carbons (Fsp3) is 0.200. The maximum absolute atomic E-state index is 12.8. The quantitative estimate of drug-likeness (QED) is 0.720. The van der Waals surface area contributed by atoms with E-state index >= 15 is 0 Å². The zero-order valence-electron chi connectivity index (χ0n) is 13.7. The fourth-order valence-corrected chi connectivity index (χ4v) is 3.41. The van der Waals surface area contributed by atoms with Gasteiger partial charge in [-0.2, -0.15) is 5.10 Å². The highest BCUT2D eigenvalue weighted by Gasteiger charge is 2.22. The van der Waals surface area contributed by atoms with Crippen molar-refractivity contribution in [3.05, 3.63) is 88.2 Å². The average Bonchev–Trinajstić information content (AvgIpc) is 3.11. The van der Waals surface area contributed by atoms with Gasteiger partial charge in [-0.05, 0) is 29.2 Å². The summed E-state index contributed by atoms with van der Waals surface area (Å²) in [6.07, 6.45) is 4.33. The number of aromatic nitrogens is 2. The van der Waals surface area contributed by atoms with Crippen molar-refractivity contribution in [2.24, 2.45) is 0 Å². The van der Waals surface area contributed by atoms with Gasteiger partial charge in [-0.3, -0.25) is 9.48 Å². The first-order chi connectivity index (χ1) is 12.2. The highest BCUT2D eigenvalue weighted by Crippen LogP contribution is 2.21. The highest BCUT2D eigenvalue weighted by atomic mass is 35.5. The molecule has 126 valence electrons. The molecule has 2 heterocycles. The Balaban J connectivity index is 1.49. The first-order valence-electron chi connectivity index (χ1n) is 8.32. The van der Waals surface area contributed by atoms with Gasteiger partial charge in [0.2, 0.25) is 0 Å². The first kappa shape index (κ1) is 15.9. The molecular weight excluding hydrogens is 334 g/mol. The molecule has 0 aliphatic carbocycles. The zero-order valence-corrected chi connectivity index (χ0v) is 14.5. The van der Waals surface area contributed by atoms with E-state index in [2.05, 4.69) is 23.3 Å². The van der Waals surface area contributed by atoms with Gasteiger partial charge < -0.3 is 4.90 Å². The van der Waals surface area contributed by atoms with E-state index in [9.17, 15) is 4.79 Å². The summed E-state index contributed by atoms with van der Waals surface area (Å²) in [6.45, 7) is 1.95. The first-order valence-corrected chi connectivity index (χ1v) is 8.70. The molecule has 0 fully saturated rings. The summed E-state index contributed by atoms with van der Waals surface area (Å²) in [4.78, 5) is 14.7. The second-order valence-electron chi connectivity index (χ2n) is 6.26. The summed E-state index contributed by atoms with van der Waals surface area (Å²) in [5, 5.41) is 5.03. The van der Waals surface area contributed by atoms with Gasteiger partial charge in [-0.25, -0.2) is 0 Å². The molecule has 0 saturated carbocycles. The lowest BCUT2D eigenvalue weighted by Crippen LogP contribution is -2.35. The van der Waals surface area contributed by atoms with Crippen LogP contribution in [-0.4, -0.2) is 27.1 Å². The van der Waals surface area contributed by atoms with Gasteiger partial charge in [0, 0.05) is 24.3 Å². The molecule has 25 heavy (non-hydrogen) atoms. The fourth-order valence-electron chi connectivity index (χ4n) is 3.21. The van der Waals surface area contributed by atoms with Crippen LogP contribution in [0.25, 0.3) is 0 Å². The third-order valence-corrected chi connectivity index (χ3v) is 4.96. The number of nitrogens with zero attached hydrogens (tertiary/aromatic N) is 3. The lowest BCUT2D eigenvalue weighted by molar-refractivity contribution is 0.0734. The van der Waals surface area contributed by atoms with Crippen LogP contribution in [0.4, 0.5) is 0 Å². The van der Waals surface area contributed by atoms with Gasteiger partial charge in [0.25, 0.3) is 5.91 Å². The maximum Gasteiger partial charge on any atom is 0.257 e. The van der Waals surface area contributed by atoms with E-state index in [1.54, 1.807) is 17.1 Å². The third-order valence-electron chi connectivity index (χ3n) is 4.59. The third kappa shape index (κ3) is 3.30. The summed E-state index contributed by atoms with van der Waals surface area (Å²) >= 11 is 6.20. The molecular formula is C20H18ClN3O. The van der Waals surface area contributed by atoms with Gasteiger partial charge in [0.05, 0.1) is 18.3 Å². The van der Waals surface area contributed by atoms with E-state index in [0.29, 0.717) is 23.7 Å². The molecule has 1 aliphatic heterocycles.